The highest BCUT2D eigenvalue weighted by Crippen LogP contribution is 2.33. The minimum absolute atomic E-state index is 0.243. The van der Waals surface area contributed by atoms with E-state index >= 15 is 0 Å². The van der Waals surface area contributed by atoms with Gasteiger partial charge in [0.2, 0.25) is 15.9 Å². The first kappa shape index (κ1) is 23.3. The molecule has 0 spiro atoms. The first-order valence-electron chi connectivity index (χ1n) is 8.58. The van der Waals surface area contributed by atoms with Crippen molar-refractivity contribution in [3.8, 4) is 11.5 Å². The maximum atomic E-state index is 13.0. The molecular formula is C19H21F3N2O5S. The van der Waals surface area contributed by atoms with Crippen molar-refractivity contribution in [3.05, 3.63) is 48.0 Å². The maximum Gasteiger partial charge on any atom is 0.416 e. The quantitative estimate of drug-likeness (QED) is 0.704. The average molecular weight is 446 g/mol. The molecule has 0 aromatic heterocycles. The van der Waals surface area contributed by atoms with Crippen LogP contribution in [0.2, 0.25) is 0 Å². The second-order valence-electron chi connectivity index (χ2n) is 6.34. The van der Waals surface area contributed by atoms with Gasteiger partial charge in [0.05, 0.1) is 37.4 Å². The van der Waals surface area contributed by atoms with E-state index in [9.17, 15) is 26.4 Å². The van der Waals surface area contributed by atoms with Gasteiger partial charge in [0.1, 0.15) is 17.5 Å². The normalized spacial score (nSPS) is 12.8. The second-order valence-corrected chi connectivity index (χ2v) is 8.20. The van der Waals surface area contributed by atoms with Gasteiger partial charge in [-0.2, -0.15) is 13.2 Å². The van der Waals surface area contributed by atoms with Crippen molar-refractivity contribution in [3.63, 3.8) is 0 Å². The summed E-state index contributed by atoms with van der Waals surface area (Å²) in [4.78, 5) is 12.8. The molecule has 0 heterocycles. The van der Waals surface area contributed by atoms with Gasteiger partial charge >= 0.3 is 6.18 Å². The number of hydrogen-bond donors (Lipinski definition) is 1. The van der Waals surface area contributed by atoms with E-state index in [1.165, 1.54) is 39.3 Å². The zero-order valence-corrected chi connectivity index (χ0v) is 17.5. The summed E-state index contributed by atoms with van der Waals surface area (Å²) in [6, 6.07) is 6.98. The van der Waals surface area contributed by atoms with Crippen LogP contribution in [0.5, 0.6) is 11.5 Å². The van der Waals surface area contributed by atoms with Crippen molar-refractivity contribution in [2.24, 2.45) is 0 Å². The van der Waals surface area contributed by atoms with Crippen molar-refractivity contribution < 1.29 is 35.9 Å². The number of hydrogen-bond acceptors (Lipinski definition) is 5. The van der Waals surface area contributed by atoms with Gasteiger partial charge in [-0.05, 0) is 37.3 Å². The van der Waals surface area contributed by atoms with Crippen LogP contribution in [-0.4, -0.2) is 40.8 Å². The fraction of sp³-hybridized carbons (Fsp3) is 0.316. The first-order chi connectivity index (χ1) is 13.9. The summed E-state index contributed by atoms with van der Waals surface area (Å²) < 4.78 is 74.7. The lowest BCUT2D eigenvalue weighted by molar-refractivity contribution is -0.137. The van der Waals surface area contributed by atoms with Crippen LogP contribution in [0.3, 0.4) is 0 Å². The summed E-state index contributed by atoms with van der Waals surface area (Å²) in [5.41, 5.74) is -1.07. The van der Waals surface area contributed by atoms with Gasteiger partial charge in [0.25, 0.3) is 0 Å². The fourth-order valence-corrected chi connectivity index (χ4v) is 3.93. The molecule has 0 fully saturated rings. The Morgan fingerprint density at radius 2 is 1.77 bits per heavy atom. The van der Waals surface area contributed by atoms with Crippen LogP contribution < -0.4 is 19.1 Å². The van der Waals surface area contributed by atoms with Gasteiger partial charge in [-0.3, -0.25) is 9.10 Å². The van der Waals surface area contributed by atoms with Crippen molar-refractivity contribution in [1.82, 2.24) is 0 Å². The van der Waals surface area contributed by atoms with E-state index in [4.69, 9.17) is 9.47 Å². The third kappa shape index (κ3) is 5.35. The summed E-state index contributed by atoms with van der Waals surface area (Å²) in [5, 5.41) is 2.53. The maximum absolute atomic E-state index is 13.0. The topological polar surface area (TPSA) is 84.9 Å². The smallest absolute Gasteiger partial charge is 0.416 e. The van der Waals surface area contributed by atoms with Crippen molar-refractivity contribution in [2.75, 3.05) is 30.1 Å². The third-order valence-electron chi connectivity index (χ3n) is 4.18. The molecule has 2 aromatic carbocycles. The molecule has 164 valence electrons. The molecular weight excluding hydrogens is 425 g/mol. The van der Waals surface area contributed by atoms with Crippen molar-refractivity contribution in [2.45, 2.75) is 19.1 Å². The third-order valence-corrected chi connectivity index (χ3v) is 5.42. The zero-order chi connectivity index (χ0) is 22.7. The highest BCUT2D eigenvalue weighted by atomic mass is 32.2. The Morgan fingerprint density at radius 1 is 1.10 bits per heavy atom. The van der Waals surface area contributed by atoms with Crippen molar-refractivity contribution >= 4 is 27.3 Å². The number of carbonyl (C=O) groups is 1. The van der Waals surface area contributed by atoms with E-state index in [-0.39, 0.29) is 17.1 Å². The zero-order valence-electron chi connectivity index (χ0n) is 16.6. The van der Waals surface area contributed by atoms with Gasteiger partial charge in [0, 0.05) is 6.07 Å². The van der Waals surface area contributed by atoms with Gasteiger partial charge in [-0.15, -0.1) is 0 Å². The van der Waals surface area contributed by atoms with E-state index in [2.05, 4.69) is 5.32 Å². The van der Waals surface area contributed by atoms with Crippen LogP contribution in [0.25, 0.3) is 0 Å². The average Bonchev–Trinajstić information content (AvgIpc) is 2.66. The molecule has 0 saturated heterocycles. The van der Waals surface area contributed by atoms with Crippen LogP contribution >= 0.6 is 0 Å². The first-order valence-corrected chi connectivity index (χ1v) is 10.4. The van der Waals surface area contributed by atoms with Crippen LogP contribution in [-0.2, 0) is 21.0 Å². The summed E-state index contributed by atoms with van der Waals surface area (Å²) in [6.45, 7) is 1.27. The van der Waals surface area contributed by atoms with Gasteiger partial charge < -0.3 is 14.8 Å². The number of rotatable bonds is 7. The summed E-state index contributed by atoms with van der Waals surface area (Å²) in [6.07, 6.45) is -3.86. The molecule has 1 atom stereocenters. The standard InChI is InChI=1S/C19H21F3N2O5S/c1-12(18(25)23-16-9-8-15(28-2)11-17(16)29-3)24(30(4,26)27)14-7-5-6-13(10-14)19(20,21)22/h5-12H,1-4H3,(H,23,25). The van der Waals surface area contributed by atoms with E-state index in [1.54, 1.807) is 6.07 Å². The summed E-state index contributed by atoms with van der Waals surface area (Å²) in [7, 11) is -1.26. The van der Waals surface area contributed by atoms with E-state index in [0.717, 1.165) is 18.4 Å². The molecule has 0 saturated carbocycles. The molecule has 0 bridgehead atoms. The van der Waals surface area contributed by atoms with E-state index < -0.39 is 33.7 Å². The van der Waals surface area contributed by atoms with Gasteiger partial charge in [-0.1, -0.05) is 6.07 Å². The van der Waals surface area contributed by atoms with Crippen LogP contribution in [0.4, 0.5) is 24.5 Å². The lowest BCUT2D eigenvalue weighted by Crippen LogP contribution is -2.45. The van der Waals surface area contributed by atoms with Crippen LogP contribution in [0, 0.1) is 0 Å². The Labute approximate surface area is 172 Å². The Morgan fingerprint density at radius 3 is 2.30 bits per heavy atom. The SMILES string of the molecule is COc1ccc(NC(=O)C(C)N(c2cccc(C(F)(F)F)c2)S(C)(=O)=O)c(OC)c1. The minimum atomic E-state index is -4.67. The summed E-state index contributed by atoms with van der Waals surface area (Å²) in [5.74, 6) is -0.0270. The molecule has 2 aromatic rings. The molecule has 0 radical (unpaired) electrons. The Bertz CT molecular complexity index is 1030. The van der Waals surface area contributed by atoms with E-state index in [0.29, 0.717) is 16.1 Å². The Balaban J connectivity index is 2.39. The number of nitrogens with one attached hydrogen (secondary N) is 1. The molecule has 1 unspecified atom stereocenters. The number of methoxy groups -OCH3 is 2. The molecule has 0 aliphatic heterocycles. The lowest BCUT2D eigenvalue weighted by Gasteiger charge is -2.29. The number of benzene rings is 2. The number of amides is 1. The molecule has 11 heteroatoms. The number of sulfonamides is 1. The lowest BCUT2D eigenvalue weighted by atomic mass is 10.1. The number of carbonyl (C=O) groups excluding carboxylic acids is 1. The summed E-state index contributed by atoms with van der Waals surface area (Å²) >= 11 is 0. The molecule has 1 N–H and O–H groups in total. The number of anilines is 2. The monoisotopic (exact) mass is 446 g/mol. The largest absolute Gasteiger partial charge is 0.497 e. The predicted octanol–water partition coefficient (Wildman–Crippen LogP) is 3.52. The highest BCUT2D eigenvalue weighted by molar-refractivity contribution is 7.92. The highest BCUT2D eigenvalue weighted by Gasteiger charge is 2.34. The molecule has 7 nitrogen and oxygen atoms in total. The molecule has 0 aliphatic carbocycles. The molecule has 2 rings (SSSR count). The Kier molecular flexibility index (Phi) is 6.86. The van der Waals surface area contributed by atoms with Crippen LogP contribution in [0.1, 0.15) is 12.5 Å². The number of ether oxygens (including phenoxy) is 2. The number of nitrogens with zero attached hydrogens (tertiary/aromatic N) is 1. The second kappa shape index (κ2) is 8.82. The molecule has 0 aliphatic rings. The number of alkyl halides is 3. The minimum Gasteiger partial charge on any atom is -0.497 e. The van der Waals surface area contributed by atoms with Gasteiger partial charge in [0.15, 0.2) is 0 Å². The number of halogens is 3. The predicted molar refractivity (Wildman–Crippen MR) is 106 cm³/mol. The Hall–Kier alpha value is -2.95. The fourth-order valence-electron chi connectivity index (χ4n) is 2.77. The van der Waals surface area contributed by atoms with Gasteiger partial charge in [-0.25, -0.2) is 8.42 Å². The molecule has 30 heavy (non-hydrogen) atoms. The van der Waals surface area contributed by atoms with Crippen LogP contribution in [0.15, 0.2) is 42.5 Å². The van der Waals surface area contributed by atoms with E-state index in [1.807, 2.05) is 0 Å². The molecule has 1 amide bonds. The van der Waals surface area contributed by atoms with Crippen molar-refractivity contribution in [1.29, 1.82) is 0 Å².